The Labute approximate surface area is 119 Å². The van der Waals surface area contributed by atoms with E-state index in [0.29, 0.717) is 5.69 Å². The molecule has 2 N–H and O–H groups in total. The Morgan fingerprint density at radius 3 is 2.43 bits per heavy atom. The lowest BCUT2D eigenvalue weighted by molar-refractivity contribution is -0.136. The number of nitrogens with zero attached hydrogens (tertiary/aromatic N) is 1. The van der Waals surface area contributed by atoms with Gasteiger partial charge in [-0.15, -0.1) is 0 Å². The molecule has 110 valence electrons. The second kappa shape index (κ2) is 5.82. The van der Waals surface area contributed by atoms with E-state index < -0.39 is 11.7 Å². The summed E-state index contributed by atoms with van der Waals surface area (Å²) in [5.41, 5.74) is -0.375. The lowest BCUT2D eigenvalue weighted by Crippen LogP contribution is -2.09. The van der Waals surface area contributed by atoms with Gasteiger partial charge in [0.1, 0.15) is 5.82 Å². The molecule has 2 rings (SSSR count). The number of alkyl halides is 3. The Hall–Kier alpha value is -2.57. The van der Waals surface area contributed by atoms with Crippen LogP contribution in [0.5, 0.6) is 0 Å². The van der Waals surface area contributed by atoms with Gasteiger partial charge in [-0.3, -0.25) is 4.79 Å². The van der Waals surface area contributed by atoms with Gasteiger partial charge in [-0.2, -0.15) is 13.2 Å². The van der Waals surface area contributed by atoms with E-state index in [2.05, 4.69) is 15.6 Å². The molecule has 1 aromatic heterocycles. The minimum atomic E-state index is -4.44. The van der Waals surface area contributed by atoms with Crippen molar-refractivity contribution in [3.05, 3.63) is 48.2 Å². The average Bonchev–Trinajstić information content (AvgIpc) is 2.40. The molecular formula is C14H12F3N3O. The van der Waals surface area contributed by atoms with E-state index >= 15 is 0 Å². The summed E-state index contributed by atoms with van der Waals surface area (Å²) in [4.78, 5) is 14.8. The SMILES string of the molecule is CC(=O)Nc1ccc(Nc2ccccc2C(F)(F)F)nc1. The lowest BCUT2D eigenvalue weighted by Gasteiger charge is -2.14. The number of aromatic nitrogens is 1. The fourth-order valence-electron chi connectivity index (χ4n) is 1.72. The van der Waals surface area contributed by atoms with Gasteiger partial charge in [-0.05, 0) is 24.3 Å². The van der Waals surface area contributed by atoms with Gasteiger partial charge in [0.05, 0.1) is 23.1 Å². The van der Waals surface area contributed by atoms with Gasteiger partial charge in [0.25, 0.3) is 0 Å². The molecule has 21 heavy (non-hydrogen) atoms. The predicted octanol–water partition coefficient (Wildman–Crippen LogP) is 3.80. The van der Waals surface area contributed by atoms with Crippen molar-refractivity contribution in [2.24, 2.45) is 0 Å². The van der Waals surface area contributed by atoms with E-state index in [9.17, 15) is 18.0 Å². The van der Waals surface area contributed by atoms with E-state index in [1.54, 1.807) is 6.07 Å². The van der Waals surface area contributed by atoms with Crippen LogP contribution in [0.4, 0.5) is 30.4 Å². The number of hydrogen-bond donors (Lipinski definition) is 2. The Bertz CT molecular complexity index is 639. The predicted molar refractivity (Wildman–Crippen MR) is 73.3 cm³/mol. The Kier molecular flexibility index (Phi) is 4.11. The maximum absolute atomic E-state index is 12.9. The fraction of sp³-hybridized carbons (Fsp3) is 0.143. The molecule has 0 atom stereocenters. The van der Waals surface area contributed by atoms with Crippen molar-refractivity contribution in [1.29, 1.82) is 0 Å². The van der Waals surface area contributed by atoms with Gasteiger partial charge in [-0.25, -0.2) is 4.98 Å². The smallest absolute Gasteiger partial charge is 0.340 e. The summed E-state index contributed by atoms with van der Waals surface area (Å²) in [5.74, 6) is 0.000674. The quantitative estimate of drug-likeness (QED) is 0.905. The van der Waals surface area contributed by atoms with Crippen LogP contribution in [-0.2, 0) is 11.0 Å². The third kappa shape index (κ3) is 3.95. The highest BCUT2D eigenvalue weighted by atomic mass is 19.4. The van der Waals surface area contributed by atoms with Gasteiger partial charge in [0, 0.05) is 6.92 Å². The molecule has 0 aliphatic carbocycles. The second-order valence-corrected chi connectivity index (χ2v) is 4.28. The van der Waals surface area contributed by atoms with Gasteiger partial charge < -0.3 is 10.6 Å². The molecule has 0 spiro atoms. The van der Waals surface area contributed by atoms with Crippen molar-refractivity contribution < 1.29 is 18.0 Å². The standard InChI is InChI=1S/C14H12F3N3O/c1-9(21)19-10-6-7-13(18-8-10)20-12-5-3-2-4-11(12)14(15,16)17/h2-8H,1H3,(H,18,20)(H,19,21). The van der Waals surface area contributed by atoms with E-state index in [1.165, 1.54) is 37.4 Å². The number of anilines is 3. The Morgan fingerprint density at radius 2 is 1.86 bits per heavy atom. The van der Waals surface area contributed by atoms with Crippen LogP contribution in [0, 0.1) is 0 Å². The topological polar surface area (TPSA) is 54.0 Å². The van der Waals surface area contributed by atoms with E-state index in [0.717, 1.165) is 6.07 Å². The van der Waals surface area contributed by atoms with Crippen molar-refractivity contribution in [3.63, 3.8) is 0 Å². The number of halogens is 3. The molecule has 1 amide bonds. The molecular weight excluding hydrogens is 283 g/mol. The molecule has 4 nitrogen and oxygen atoms in total. The summed E-state index contributed by atoms with van der Waals surface area (Å²) in [6, 6.07) is 8.18. The van der Waals surface area contributed by atoms with Crippen LogP contribution in [0.2, 0.25) is 0 Å². The minimum Gasteiger partial charge on any atom is -0.340 e. The number of carbonyl (C=O) groups excluding carboxylic acids is 1. The molecule has 1 heterocycles. The van der Waals surface area contributed by atoms with Crippen molar-refractivity contribution in [2.75, 3.05) is 10.6 Å². The number of pyridine rings is 1. The number of nitrogens with one attached hydrogen (secondary N) is 2. The van der Waals surface area contributed by atoms with Crippen LogP contribution in [0.3, 0.4) is 0 Å². The molecule has 0 radical (unpaired) electrons. The zero-order valence-corrected chi connectivity index (χ0v) is 11.0. The van der Waals surface area contributed by atoms with Gasteiger partial charge in [0.2, 0.25) is 5.91 Å². The normalized spacial score (nSPS) is 11.0. The van der Waals surface area contributed by atoms with Crippen molar-refractivity contribution in [2.45, 2.75) is 13.1 Å². The molecule has 2 aromatic rings. The number of benzene rings is 1. The van der Waals surface area contributed by atoms with Crippen molar-refractivity contribution >= 4 is 23.1 Å². The minimum absolute atomic E-state index is 0.0789. The largest absolute Gasteiger partial charge is 0.418 e. The van der Waals surface area contributed by atoms with Gasteiger partial charge in [-0.1, -0.05) is 12.1 Å². The first-order valence-corrected chi connectivity index (χ1v) is 6.03. The highest BCUT2D eigenvalue weighted by Gasteiger charge is 2.33. The van der Waals surface area contributed by atoms with Crippen LogP contribution >= 0.6 is 0 Å². The molecule has 7 heteroatoms. The lowest BCUT2D eigenvalue weighted by atomic mass is 10.1. The van der Waals surface area contributed by atoms with Crippen LogP contribution in [0.25, 0.3) is 0 Å². The molecule has 0 fully saturated rings. The zero-order chi connectivity index (χ0) is 15.5. The third-order valence-corrected chi connectivity index (χ3v) is 2.58. The molecule has 0 aliphatic rings. The van der Waals surface area contributed by atoms with E-state index in [-0.39, 0.29) is 17.4 Å². The summed E-state index contributed by atoms with van der Waals surface area (Å²) in [5, 5.41) is 5.14. The summed E-state index contributed by atoms with van der Waals surface area (Å²) in [7, 11) is 0. The highest BCUT2D eigenvalue weighted by molar-refractivity contribution is 5.88. The molecule has 0 bridgehead atoms. The Balaban J connectivity index is 2.21. The van der Waals surface area contributed by atoms with Crippen LogP contribution < -0.4 is 10.6 Å². The van der Waals surface area contributed by atoms with Gasteiger partial charge in [0.15, 0.2) is 0 Å². The number of rotatable bonds is 3. The highest BCUT2D eigenvalue weighted by Crippen LogP contribution is 2.35. The van der Waals surface area contributed by atoms with Crippen LogP contribution in [0.1, 0.15) is 12.5 Å². The number of carbonyl (C=O) groups is 1. The van der Waals surface area contributed by atoms with Crippen LogP contribution in [0.15, 0.2) is 42.6 Å². The molecule has 1 aromatic carbocycles. The first kappa shape index (κ1) is 14.8. The summed E-state index contributed by atoms with van der Waals surface area (Å²) >= 11 is 0. The monoisotopic (exact) mass is 295 g/mol. The maximum Gasteiger partial charge on any atom is 0.418 e. The number of amides is 1. The van der Waals surface area contributed by atoms with E-state index in [1.807, 2.05) is 0 Å². The summed E-state index contributed by atoms with van der Waals surface area (Å²) in [6.45, 7) is 1.35. The second-order valence-electron chi connectivity index (χ2n) is 4.28. The fourth-order valence-corrected chi connectivity index (χ4v) is 1.72. The number of para-hydroxylation sites is 1. The first-order valence-electron chi connectivity index (χ1n) is 6.03. The molecule has 0 saturated carbocycles. The Morgan fingerprint density at radius 1 is 1.14 bits per heavy atom. The van der Waals surface area contributed by atoms with Crippen molar-refractivity contribution in [1.82, 2.24) is 4.98 Å². The summed E-state index contributed by atoms with van der Waals surface area (Å²) in [6.07, 6.45) is -3.08. The molecule has 0 saturated heterocycles. The number of hydrogen-bond acceptors (Lipinski definition) is 3. The molecule has 0 unspecified atom stereocenters. The molecule has 0 aliphatic heterocycles. The van der Waals surface area contributed by atoms with Crippen molar-refractivity contribution in [3.8, 4) is 0 Å². The van der Waals surface area contributed by atoms with E-state index in [4.69, 9.17) is 0 Å². The third-order valence-electron chi connectivity index (χ3n) is 2.58. The van der Waals surface area contributed by atoms with Crippen LogP contribution in [-0.4, -0.2) is 10.9 Å². The average molecular weight is 295 g/mol. The van der Waals surface area contributed by atoms with Gasteiger partial charge >= 0.3 is 6.18 Å². The maximum atomic E-state index is 12.9. The first-order chi connectivity index (χ1) is 9.86. The zero-order valence-electron chi connectivity index (χ0n) is 11.0. The summed E-state index contributed by atoms with van der Waals surface area (Å²) < 4.78 is 38.6.